The highest BCUT2D eigenvalue weighted by molar-refractivity contribution is 6.01. The van der Waals surface area contributed by atoms with Gasteiger partial charge in [-0.3, -0.25) is 0 Å². The van der Waals surface area contributed by atoms with Gasteiger partial charge in [-0.2, -0.15) is 5.10 Å². The van der Waals surface area contributed by atoms with E-state index in [1.165, 1.54) is 21.9 Å². The smallest absolute Gasteiger partial charge is 0.213 e. The van der Waals surface area contributed by atoms with Crippen molar-refractivity contribution >= 4 is 16.5 Å². The van der Waals surface area contributed by atoms with Crippen LogP contribution in [0.25, 0.3) is 10.8 Å². The Kier molecular flexibility index (Phi) is 3.66. The van der Waals surface area contributed by atoms with Gasteiger partial charge in [0.05, 0.1) is 11.8 Å². The molecule has 3 heteroatoms. The van der Waals surface area contributed by atoms with E-state index >= 15 is 0 Å². The van der Waals surface area contributed by atoms with Gasteiger partial charge in [-0.25, -0.2) is 5.01 Å². The van der Waals surface area contributed by atoms with Crippen LogP contribution in [0.2, 0.25) is 0 Å². The fourth-order valence-corrected chi connectivity index (χ4v) is 4.42. The first-order chi connectivity index (χ1) is 14.4. The molecule has 0 fully saturated rings. The van der Waals surface area contributed by atoms with Gasteiger partial charge in [-0.15, -0.1) is 0 Å². The average molecular weight is 376 g/mol. The molecule has 0 radical (unpaired) electrons. The van der Waals surface area contributed by atoms with Crippen LogP contribution in [-0.4, -0.2) is 10.7 Å². The van der Waals surface area contributed by atoms with Gasteiger partial charge in [0.2, 0.25) is 6.23 Å². The Hall–Kier alpha value is -3.59. The third kappa shape index (κ3) is 2.70. The number of hydrogen-bond donors (Lipinski definition) is 0. The lowest BCUT2D eigenvalue weighted by atomic mass is 9.95. The molecule has 2 heterocycles. The number of nitrogens with zero attached hydrogens (tertiary/aromatic N) is 2. The van der Waals surface area contributed by atoms with Gasteiger partial charge in [-0.05, 0) is 28.5 Å². The summed E-state index contributed by atoms with van der Waals surface area (Å²) in [6, 6.07) is 34.0. The molecule has 4 aromatic rings. The summed E-state index contributed by atoms with van der Waals surface area (Å²) in [6.07, 6.45) is 0.648. The Bertz CT molecular complexity index is 1230. The van der Waals surface area contributed by atoms with E-state index in [1.54, 1.807) is 0 Å². The van der Waals surface area contributed by atoms with Gasteiger partial charge in [-0.1, -0.05) is 84.9 Å². The molecule has 0 aromatic heterocycles. The molecule has 140 valence electrons. The second kappa shape index (κ2) is 6.49. The summed E-state index contributed by atoms with van der Waals surface area (Å²) in [5.41, 5.74) is 4.62. The predicted molar refractivity (Wildman–Crippen MR) is 116 cm³/mol. The van der Waals surface area contributed by atoms with E-state index in [4.69, 9.17) is 9.84 Å². The number of ether oxygens (including phenoxy) is 1. The third-order valence-corrected chi connectivity index (χ3v) is 5.86. The fraction of sp³-hybridized carbons (Fsp3) is 0.115. The highest BCUT2D eigenvalue weighted by atomic mass is 16.5. The molecule has 3 nitrogen and oxygen atoms in total. The molecule has 0 spiro atoms. The standard InChI is InChI=1S/C26H20N2O/c1-2-9-19(10-3-1)23-17-24-22-12-6-7-13-25(22)29-26(28(24)27-23)21-15-14-18-8-4-5-11-20(18)16-21/h1-16,24,26H,17H2/t24-,26+/m1/s1. The minimum Gasteiger partial charge on any atom is -0.464 e. The largest absolute Gasteiger partial charge is 0.464 e. The molecular formula is C26H20N2O. The van der Waals surface area contributed by atoms with Crippen LogP contribution in [0, 0.1) is 0 Å². The zero-order valence-corrected chi connectivity index (χ0v) is 15.9. The summed E-state index contributed by atoms with van der Waals surface area (Å²) in [6.45, 7) is 0. The van der Waals surface area contributed by atoms with E-state index in [0.29, 0.717) is 0 Å². The van der Waals surface area contributed by atoms with Crippen molar-refractivity contribution in [3.05, 3.63) is 114 Å². The Morgan fingerprint density at radius 1 is 0.759 bits per heavy atom. The normalized spacial score (nSPS) is 20.0. The molecular weight excluding hydrogens is 356 g/mol. The van der Waals surface area contributed by atoms with Crippen molar-refractivity contribution in [3.63, 3.8) is 0 Å². The first-order valence-electron chi connectivity index (χ1n) is 10.0. The van der Waals surface area contributed by atoms with Crippen LogP contribution >= 0.6 is 0 Å². The molecule has 0 N–H and O–H groups in total. The molecule has 0 saturated heterocycles. The maximum Gasteiger partial charge on any atom is 0.213 e. The molecule has 4 aromatic carbocycles. The Morgan fingerprint density at radius 3 is 2.41 bits per heavy atom. The number of para-hydroxylation sites is 1. The average Bonchev–Trinajstić information content (AvgIpc) is 3.25. The van der Waals surface area contributed by atoms with Crippen molar-refractivity contribution in [3.8, 4) is 5.75 Å². The molecule has 0 saturated carbocycles. The van der Waals surface area contributed by atoms with Crippen molar-refractivity contribution in [2.45, 2.75) is 18.7 Å². The summed E-state index contributed by atoms with van der Waals surface area (Å²) < 4.78 is 6.48. The van der Waals surface area contributed by atoms with Crippen LogP contribution in [0.5, 0.6) is 5.75 Å². The summed E-state index contributed by atoms with van der Waals surface area (Å²) in [5.74, 6) is 0.955. The highest BCUT2D eigenvalue weighted by Crippen LogP contribution is 2.47. The van der Waals surface area contributed by atoms with Crippen molar-refractivity contribution in [1.82, 2.24) is 5.01 Å². The number of hydrazone groups is 1. The summed E-state index contributed by atoms with van der Waals surface area (Å²) in [4.78, 5) is 0. The lowest BCUT2D eigenvalue weighted by Gasteiger charge is -2.38. The Balaban J connectivity index is 1.47. The number of rotatable bonds is 2. The first kappa shape index (κ1) is 16.4. The minimum absolute atomic E-state index is 0.187. The van der Waals surface area contributed by atoms with Crippen LogP contribution in [0.3, 0.4) is 0 Å². The maximum atomic E-state index is 6.48. The molecule has 2 atom stereocenters. The number of fused-ring (bicyclic) bond motifs is 4. The van der Waals surface area contributed by atoms with Gasteiger partial charge in [0.1, 0.15) is 5.75 Å². The fourth-order valence-electron chi connectivity index (χ4n) is 4.42. The van der Waals surface area contributed by atoms with Crippen molar-refractivity contribution in [1.29, 1.82) is 0 Å². The van der Waals surface area contributed by atoms with E-state index in [0.717, 1.165) is 23.4 Å². The van der Waals surface area contributed by atoms with Crippen LogP contribution < -0.4 is 4.74 Å². The van der Waals surface area contributed by atoms with Crippen molar-refractivity contribution in [2.75, 3.05) is 0 Å². The van der Waals surface area contributed by atoms with E-state index in [1.807, 2.05) is 12.1 Å². The monoisotopic (exact) mass is 376 g/mol. The van der Waals surface area contributed by atoms with Crippen LogP contribution in [0.15, 0.2) is 102 Å². The number of hydrogen-bond acceptors (Lipinski definition) is 3. The lowest BCUT2D eigenvalue weighted by molar-refractivity contribution is -0.0189. The van der Waals surface area contributed by atoms with Gasteiger partial charge in [0.15, 0.2) is 0 Å². The predicted octanol–water partition coefficient (Wildman–Crippen LogP) is 6.08. The molecule has 2 aliphatic rings. The van der Waals surface area contributed by atoms with E-state index in [2.05, 4.69) is 89.9 Å². The van der Waals surface area contributed by atoms with Crippen LogP contribution in [0.1, 0.15) is 35.4 Å². The summed E-state index contributed by atoms with van der Waals surface area (Å²) >= 11 is 0. The topological polar surface area (TPSA) is 24.8 Å². The van der Waals surface area contributed by atoms with Crippen LogP contribution in [-0.2, 0) is 0 Å². The Morgan fingerprint density at radius 2 is 1.52 bits per heavy atom. The summed E-state index contributed by atoms with van der Waals surface area (Å²) in [5, 5.41) is 9.64. The molecule has 6 rings (SSSR count). The zero-order chi connectivity index (χ0) is 19.2. The molecule has 0 aliphatic carbocycles. The van der Waals surface area contributed by atoms with Gasteiger partial charge >= 0.3 is 0 Å². The molecule has 0 amide bonds. The van der Waals surface area contributed by atoms with Gasteiger partial charge in [0.25, 0.3) is 0 Å². The van der Waals surface area contributed by atoms with Crippen LogP contribution in [0.4, 0.5) is 0 Å². The Labute approximate surface area is 169 Å². The van der Waals surface area contributed by atoms with Gasteiger partial charge in [0, 0.05) is 17.5 Å². The molecule has 0 bridgehead atoms. The van der Waals surface area contributed by atoms with Gasteiger partial charge < -0.3 is 4.74 Å². The maximum absolute atomic E-state index is 6.48. The zero-order valence-electron chi connectivity index (χ0n) is 15.9. The van der Waals surface area contributed by atoms with Crippen molar-refractivity contribution < 1.29 is 4.74 Å². The minimum atomic E-state index is -0.235. The highest BCUT2D eigenvalue weighted by Gasteiger charge is 2.40. The second-order valence-corrected chi connectivity index (χ2v) is 7.63. The number of benzene rings is 4. The van der Waals surface area contributed by atoms with E-state index in [9.17, 15) is 0 Å². The summed E-state index contributed by atoms with van der Waals surface area (Å²) in [7, 11) is 0. The first-order valence-corrected chi connectivity index (χ1v) is 10.0. The molecule has 0 unspecified atom stereocenters. The third-order valence-electron chi connectivity index (χ3n) is 5.86. The quantitative estimate of drug-likeness (QED) is 0.423. The van der Waals surface area contributed by atoms with E-state index in [-0.39, 0.29) is 12.3 Å². The van der Waals surface area contributed by atoms with E-state index < -0.39 is 0 Å². The lowest BCUT2D eigenvalue weighted by Crippen LogP contribution is -2.33. The molecule has 2 aliphatic heterocycles. The SMILES string of the molecule is c1ccc(C2=NN3[C@H](C2)c2ccccc2O[C@H]3c2ccc3ccccc3c2)cc1. The molecule has 29 heavy (non-hydrogen) atoms. The van der Waals surface area contributed by atoms with Crippen molar-refractivity contribution in [2.24, 2.45) is 5.10 Å². The second-order valence-electron chi connectivity index (χ2n) is 7.63.